The molecule has 1 aromatic carbocycles. The highest BCUT2D eigenvalue weighted by molar-refractivity contribution is 7.20. The molecule has 0 unspecified atom stereocenters. The van der Waals surface area contributed by atoms with Gasteiger partial charge in [0.25, 0.3) is 5.56 Å². The Bertz CT molecular complexity index is 1110. The Hall–Kier alpha value is -3.14. The monoisotopic (exact) mass is 445 g/mol. The van der Waals surface area contributed by atoms with Crippen LogP contribution in [0.4, 0.5) is 5.13 Å². The molecule has 0 aliphatic rings. The molecule has 0 spiro atoms. The Morgan fingerprint density at radius 2 is 2.03 bits per heavy atom. The largest absolute Gasteiger partial charge is 0.497 e. The molecule has 9 nitrogen and oxygen atoms in total. The number of carbonyl (C=O) groups excluding carboxylic acids is 1. The predicted octanol–water partition coefficient (Wildman–Crippen LogP) is 1.92. The fraction of sp³-hybridized carbons (Fsp3) is 0.429. The van der Waals surface area contributed by atoms with E-state index in [0.29, 0.717) is 23.1 Å². The van der Waals surface area contributed by atoms with Crippen LogP contribution in [-0.4, -0.2) is 54.9 Å². The lowest BCUT2D eigenvalue weighted by atomic mass is 10.1. The first-order valence-corrected chi connectivity index (χ1v) is 10.8. The number of hydrogen-bond donors (Lipinski definition) is 1. The van der Waals surface area contributed by atoms with Gasteiger partial charge in [-0.15, -0.1) is 5.10 Å². The van der Waals surface area contributed by atoms with Crippen molar-refractivity contribution < 1.29 is 14.3 Å². The summed E-state index contributed by atoms with van der Waals surface area (Å²) in [6.45, 7) is 2.63. The number of aryl methyl sites for hydroxylation is 1. The molecule has 3 rings (SSSR count). The number of amides is 1. The number of methoxy groups -OCH3 is 2. The maximum Gasteiger partial charge on any atom is 0.275 e. The molecule has 0 saturated heterocycles. The van der Waals surface area contributed by atoms with E-state index < -0.39 is 0 Å². The van der Waals surface area contributed by atoms with Gasteiger partial charge in [0, 0.05) is 31.4 Å². The van der Waals surface area contributed by atoms with Crippen LogP contribution in [0, 0.1) is 0 Å². The summed E-state index contributed by atoms with van der Waals surface area (Å²) in [4.78, 5) is 31.4. The van der Waals surface area contributed by atoms with Crippen LogP contribution in [0.2, 0.25) is 0 Å². The van der Waals surface area contributed by atoms with E-state index in [0.717, 1.165) is 35.6 Å². The molecule has 166 valence electrons. The molecular weight excluding hydrogens is 418 g/mol. The van der Waals surface area contributed by atoms with Crippen LogP contribution < -0.4 is 25.2 Å². The summed E-state index contributed by atoms with van der Waals surface area (Å²) < 4.78 is 11.9. The zero-order valence-corrected chi connectivity index (χ0v) is 19.0. The Morgan fingerprint density at radius 3 is 2.74 bits per heavy atom. The Balaban J connectivity index is 1.58. The van der Waals surface area contributed by atoms with E-state index in [4.69, 9.17) is 9.47 Å². The molecule has 0 aliphatic heterocycles. The average Bonchev–Trinajstić information content (AvgIpc) is 3.19. The van der Waals surface area contributed by atoms with E-state index >= 15 is 0 Å². The number of anilines is 1. The first-order valence-electron chi connectivity index (χ1n) is 10.0. The summed E-state index contributed by atoms with van der Waals surface area (Å²) in [6, 6.07) is 7.12. The average molecular weight is 446 g/mol. The van der Waals surface area contributed by atoms with E-state index in [9.17, 15) is 9.59 Å². The van der Waals surface area contributed by atoms with Crippen molar-refractivity contribution in [3.05, 3.63) is 45.9 Å². The SMILES string of the molecule is CCCc1cc(=O)n2nc(N(C)CC(=O)NCCc3ccc(OC)cc3OC)sc2n1. The van der Waals surface area contributed by atoms with Gasteiger partial charge in [0.1, 0.15) is 11.5 Å². The van der Waals surface area contributed by atoms with Gasteiger partial charge in [0.2, 0.25) is 16.0 Å². The number of nitrogens with zero attached hydrogens (tertiary/aromatic N) is 4. The molecular formula is C21H27N5O4S. The molecule has 2 aromatic heterocycles. The zero-order chi connectivity index (χ0) is 22.4. The first kappa shape index (κ1) is 22.5. The number of fused-ring (bicyclic) bond motifs is 1. The second-order valence-corrected chi connectivity index (χ2v) is 7.98. The van der Waals surface area contributed by atoms with Gasteiger partial charge in [-0.05, 0) is 24.5 Å². The summed E-state index contributed by atoms with van der Waals surface area (Å²) in [5.74, 6) is 1.30. The highest BCUT2D eigenvalue weighted by Gasteiger charge is 2.15. The molecule has 10 heteroatoms. The number of hydrogen-bond acceptors (Lipinski definition) is 8. The van der Waals surface area contributed by atoms with Crippen molar-refractivity contribution in [2.45, 2.75) is 26.2 Å². The third kappa shape index (κ3) is 5.52. The second-order valence-electron chi connectivity index (χ2n) is 7.05. The van der Waals surface area contributed by atoms with Crippen molar-refractivity contribution in [3.63, 3.8) is 0 Å². The number of nitrogens with one attached hydrogen (secondary N) is 1. The lowest BCUT2D eigenvalue weighted by Gasteiger charge is -2.15. The maximum absolute atomic E-state index is 12.4. The van der Waals surface area contributed by atoms with Crippen molar-refractivity contribution in [2.75, 3.05) is 39.3 Å². The molecule has 3 aromatic rings. The third-order valence-electron chi connectivity index (χ3n) is 4.71. The fourth-order valence-corrected chi connectivity index (χ4v) is 4.00. The van der Waals surface area contributed by atoms with Gasteiger partial charge in [-0.1, -0.05) is 30.7 Å². The van der Waals surface area contributed by atoms with Crippen LogP contribution in [0.5, 0.6) is 11.5 Å². The fourth-order valence-electron chi connectivity index (χ4n) is 3.12. The molecule has 1 N–H and O–H groups in total. The molecule has 31 heavy (non-hydrogen) atoms. The lowest BCUT2D eigenvalue weighted by molar-refractivity contribution is -0.119. The van der Waals surface area contributed by atoms with E-state index in [1.807, 2.05) is 25.1 Å². The number of likely N-dealkylation sites (N-methyl/N-ethyl adjacent to an activating group) is 1. The quantitative estimate of drug-likeness (QED) is 0.509. The normalized spacial score (nSPS) is 10.8. The standard InChI is InChI=1S/C21H27N5O4S/c1-5-6-15-11-19(28)26-20(23-15)31-21(24-26)25(2)13-18(27)22-10-9-14-7-8-16(29-3)12-17(14)30-4/h7-8,11-12H,5-6,9-10,13H2,1-4H3,(H,22,27). The van der Waals surface area contributed by atoms with Crippen LogP contribution >= 0.6 is 11.3 Å². The van der Waals surface area contributed by atoms with Crippen LogP contribution in [0.25, 0.3) is 4.96 Å². The van der Waals surface area contributed by atoms with Gasteiger partial charge < -0.3 is 19.7 Å². The van der Waals surface area contributed by atoms with E-state index in [2.05, 4.69) is 15.4 Å². The molecule has 0 saturated carbocycles. The summed E-state index contributed by atoms with van der Waals surface area (Å²) in [6.07, 6.45) is 2.29. The minimum Gasteiger partial charge on any atom is -0.497 e. The van der Waals surface area contributed by atoms with Crippen molar-refractivity contribution >= 4 is 27.3 Å². The van der Waals surface area contributed by atoms with Gasteiger partial charge in [-0.25, -0.2) is 4.98 Å². The molecule has 0 bridgehead atoms. The van der Waals surface area contributed by atoms with E-state index in [1.54, 1.807) is 26.2 Å². The molecule has 1 amide bonds. The predicted molar refractivity (Wildman–Crippen MR) is 121 cm³/mol. The van der Waals surface area contributed by atoms with Gasteiger partial charge in [-0.3, -0.25) is 9.59 Å². The summed E-state index contributed by atoms with van der Waals surface area (Å²) in [7, 11) is 4.98. The number of aromatic nitrogens is 3. The van der Waals surface area contributed by atoms with Crippen LogP contribution in [0.1, 0.15) is 24.6 Å². The highest BCUT2D eigenvalue weighted by Crippen LogP contribution is 2.24. The third-order valence-corrected chi connectivity index (χ3v) is 5.73. The lowest BCUT2D eigenvalue weighted by Crippen LogP contribution is -2.36. The minimum atomic E-state index is -0.206. The smallest absolute Gasteiger partial charge is 0.275 e. The van der Waals surface area contributed by atoms with E-state index in [1.165, 1.54) is 21.9 Å². The summed E-state index contributed by atoms with van der Waals surface area (Å²) in [5.41, 5.74) is 1.54. The van der Waals surface area contributed by atoms with Crippen molar-refractivity contribution in [3.8, 4) is 11.5 Å². The van der Waals surface area contributed by atoms with Crippen LogP contribution in [0.3, 0.4) is 0 Å². The van der Waals surface area contributed by atoms with Crippen molar-refractivity contribution in [2.24, 2.45) is 0 Å². The first-order chi connectivity index (χ1) is 14.9. The highest BCUT2D eigenvalue weighted by atomic mass is 32.1. The molecule has 0 atom stereocenters. The molecule has 0 aliphatic carbocycles. The summed E-state index contributed by atoms with van der Waals surface area (Å²) in [5, 5.41) is 7.78. The maximum atomic E-state index is 12.4. The Labute approximate surface area is 184 Å². The van der Waals surface area contributed by atoms with Crippen LogP contribution in [-0.2, 0) is 17.6 Å². The van der Waals surface area contributed by atoms with Gasteiger partial charge in [0.05, 0.1) is 20.8 Å². The Morgan fingerprint density at radius 1 is 1.23 bits per heavy atom. The van der Waals surface area contributed by atoms with Gasteiger partial charge in [0.15, 0.2) is 0 Å². The molecule has 2 heterocycles. The van der Waals surface area contributed by atoms with Crippen molar-refractivity contribution in [1.82, 2.24) is 19.9 Å². The molecule has 0 radical (unpaired) electrons. The van der Waals surface area contributed by atoms with E-state index in [-0.39, 0.29) is 18.0 Å². The zero-order valence-electron chi connectivity index (χ0n) is 18.2. The number of carbonyl (C=O) groups is 1. The Kier molecular flexibility index (Phi) is 7.45. The second kappa shape index (κ2) is 10.3. The molecule has 0 fully saturated rings. The van der Waals surface area contributed by atoms with Crippen molar-refractivity contribution in [1.29, 1.82) is 0 Å². The van der Waals surface area contributed by atoms with Gasteiger partial charge in [-0.2, -0.15) is 4.52 Å². The minimum absolute atomic E-state index is 0.121. The van der Waals surface area contributed by atoms with Gasteiger partial charge >= 0.3 is 0 Å². The summed E-state index contributed by atoms with van der Waals surface area (Å²) >= 11 is 1.29. The number of rotatable bonds is 10. The number of ether oxygens (including phenoxy) is 2. The number of benzene rings is 1. The topological polar surface area (TPSA) is 98.1 Å². The van der Waals surface area contributed by atoms with Crippen LogP contribution in [0.15, 0.2) is 29.1 Å².